The summed E-state index contributed by atoms with van der Waals surface area (Å²) in [4.78, 5) is 0. The molecule has 0 radical (unpaired) electrons. The average molecular weight is 271 g/mol. The monoisotopic (exact) mass is 271 g/mol. The number of benzene rings is 1. The minimum atomic E-state index is -0.771. The van der Waals surface area contributed by atoms with E-state index < -0.39 is 11.6 Å². The molecule has 0 spiro atoms. The van der Waals surface area contributed by atoms with Gasteiger partial charge in [0, 0.05) is 11.3 Å². The van der Waals surface area contributed by atoms with Gasteiger partial charge in [0.1, 0.15) is 0 Å². The zero-order chi connectivity index (χ0) is 13.0. The van der Waals surface area contributed by atoms with E-state index in [0.717, 1.165) is 12.0 Å². The van der Waals surface area contributed by atoms with E-state index in [1.165, 1.54) is 37.1 Å². The summed E-state index contributed by atoms with van der Waals surface area (Å²) in [5.74, 6) is -0.314. The molecule has 1 aliphatic heterocycles. The van der Waals surface area contributed by atoms with Crippen LogP contribution in [0.5, 0.6) is 0 Å². The zero-order valence-corrected chi connectivity index (χ0v) is 11.4. The minimum absolute atomic E-state index is 0.333. The van der Waals surface area contributed by atoms with Crippen LogP contribution in [-0.4, -0.2) is 24.1 Å². The van der Waals surface area contributed by atoms with Gasteiger partial charge in [-0.15, -0.1) is 0 Å². The lowest BCUT2D eigenvalue weighted by atomic mass is 9.99. The highest BCUT2D eigenvalue weighted by Gasteiger charge is 2.23. The predicted molar refractivity (Wildman–Crippen MR) is 73.0 cm³/mol. The molecule has 2 atom stereocenters. The second-order valence-electron chi connectivity index (χ2n) is 4.75. The van der Waals surface area contributed by atoms with Crippen LogP contribution in [0.4, 0.5) is 8.78 Å². The summed E-state index contributed by atoms with van der Waals surface area (Å²) in [5, 5.41) is 3.90. The fourth-order valence-corrected chi connectivity index (χ4v) is 3.89. The first-order valence-corrected chi connectivity index (χ1v) is 7.48. The minimum Gasteiger partial charge on any atom is -0.316 e. The summed E-state index contributed by atoms with van der Waals surface area (Å²) in [6.07, 6.45) is 4.53. The van der Waals surface area contributed by atoms with E-state index in [1.807, 2.05) is 18.8 Å². The first-order chi connectivity index (χ1) is 8.70. The summed E-state index contributed by atoms with van der Waals surface area (Å²) in [6, 6.07) is 4.54. The number of hydrogen-bond donors (Lipinski definition) is 1. The SMILES string of the molecule is CNC(Cc1ccc(F)c(F)c1)C1CCCCS1. The van der Waals surface area contributed by atoms with E-state index in [2.05, 4.69) is 5.32 Å². The molecule has 0 amide bonds. The molecule has 1 aromatic carbocycles. The van der Waals surface area contributed by atoms with Gasteiger partial charge >= 0.3 is 0 Å². The second kappa shape index (κ2) is 6.53. The fraction of sp³-hybridized carbons (Fsp3) is 0.571. The number of hydrogen-bond acceptors (Lipinski definition) is 2. The van der Waals surface area contributed by atoms with Crippen molar-refractivity contribution in [3.05, 3.63) is 35.4 Å². The van der Waals surface area contributed by atoms with Crippen molar-refractivity contribution in [3.8, 4) is 0 Å². The molecule has 2 unspecified atom stereocenters. The van der Waals surface area contributed by atoms with Crippen molar-refractivity contribution in [3.63, 3.8) is 0 Å². The van der Waals surface area contributed by atoms with E-state index >= 15 is 0 Å². The Morgan fingerprint density at radius 1 is 1.33 bits per heavy atom. The molecule has 0 aliphatic carbocycles. The Bertz CT molecular complexity index is 391. The van der Waals surface area contributed by atoms with E-state index in [1.54, 1.807) is 6.07 Å². The smallest absolute Gasteiger partial charge is 0.159 e. The van der Waals surface area contributed by atoms with E-state index in [4.69, 9.17) is 0 Å². The van der Waals surface area contributed by atoms with Crippen molar-refractivity contribution < 1.29 is 8.78 Å². The maximum Gasteiger partial charge on any atom is 0.159 e. The Morgan fingerprint density at radius 2 is 2.17 bits per heavy atom. The van der Waals surface area contributed by atoms with Crippen LogP contribution in [-0.2, 0) is 6.42 Å². The number of rotatable bonds is 4. The first-order valence-electron chi connectivity index (χ1n) is 6.43. The predicted octanol–water partition coefficient (Wildman–Crippen LogP) is 3.38. The van der Waals surface area contributed by atoms with Crippen molar-refractivity contribution in [1.29, 1.82) is 0 Å². The molecule has 18 heavy (non-hydrogen) atoms. The standard InChI is InChI=1S/C14H19F2NS/c1-17-13(14-4-2-3-7-18-14)9-10-5-6-11(15)12(16)8-10/h5-6,8,13-14,17H,2-4,7,9H2,1H3. The molecule has 1 aromatic rings. The average Bonchev–Trinajstić information content (AvgIpc) is 2.41. The van der Waals surface area contributed by atoms with Crippen LogP contribution >= 0.6 is 11.8 Å². The van der Waals surface area contributed by atoms with Gasteiger partial charge in [0.05, 0.1) is 0 Å². The topological polar surface area (TPSA) is 12.0 Å². The third kappa shape index (κ3) is 3.45. The van der Waals surface area contributed by atoms with Gasteiger partial charge in [-0.25, -0.2) is 8.78 Å². The lowest BCUT2D eigenvalue weighted by Gasteiger charge is -2.29. The van der Waals surface area contributed by atoms with Crippen LogP contribution in [0.15, 0.2) is 18.2 Å². The van der Waals surface area contributed by atoms with Gasteiger partial charge in [-0.05, 0) is 49.8 Å². The summed E-state index contributed by atoms with van der Waals surface area (Å²) in [7, 11) is 1.94. The normalized spacial score (nSPS) is 21.8. The van der Waals surface area contributed by atoms with Crippen LogP contribution in [0.25, 0.3) is 0 Å². The maximum absolute atomic E-state index is 13.2. The van der Waals surface area contributed by atoms with Gasteiger partial charge in [-0.1, -0.05) is 12.5 Å². The molecule has 1 heterocycles. The Hall–Kier alpha value is -0.610. The molecular weight excluding hydrogens is 252 g/mol. The van der Waals surface area contributed by atoms with Crippen LogP contribution in [0, 0.1) is 11.6 Å². The second-order valence-corrected chi connectivity index (χ2v) is 6.10. The largest absolute Gasteiger partial charge is 0.316 e. The molecule has 0 bridgehead atoms. The Labute approximate surface area is 111 Å². The van der Waals surface area contributed by atoms with Gasteiger partial charge in [0.15, 0.2) is 11.6 Å². The summed E-state index contributed by atoms with van der Waals surface area (Å²) < 4.78 is 26.1. The van der Waals surface area contributed by atoms with Crippen molar-refractivity contribution in [1.82, 2.24) is 5.32 Å². The molecule has 0 saturated carbocycles. The van der Waals surface area contributed by atoms with Gasteiger partial charge < -0.3 is 5.32 Å². The van der Waals surface area contributed by atoms with Gasteiger partial charge in [-0.3, -0.25) is 0 Å². The van der Waals surface area contributed by atoms with Crippen LogP contribution in [0.3, 0.4) is 0 Å². The Kier molecular flexibility index (Phi) is 5.01. The summed E-state index contributed by atoms with van der Waals surface area (Å²) in [5.41, 5.74) is 0.861. The fourth-order valence-electron chi connectivity index (χ4n) is 2.42. The number of halogens is 2. The van der Waals surface area contributed by atoms with E-state index in [9.17, 15) is 8.78 Å². The molecule has 1 fully saturated rings. The third-order valence-corrected chi connectivity index (χ3v) is 4.99. The molecule has 1 nitrogen and oxygen atoms in total. The van der Waals surface area contributed by atoms with Crippen LogP contribution < -0.4 is 5.32 Å². The molecule has 100 valence electrons. The molecule has 4 heteroatoms. The van der Waals surface area contributed by atoms with E-state index in [0.29, 0.717) is 11.3 Å². The highest BCUT2D eigenvalue weighted by atomic mass is 32.2. The number of thioether (sulfide) groups is 1. The molecule has 1 N–H and O–H groups in total. The Balaban J connectivity index is 2.02. The number of nitrogens with one attached hydrogen (secondary N) is 1. The quantitative estimate of drug-likeness (QED) is 0.901. The molecule has 1 saturated heterocycles. The third-order valence-electron chi connectivity index (χ3n) is 3.47. The first kappa shape index (κ1) is 13.8. The molecule has 1 aliphatic rings. The van der Waals surface area contributed by atoms with Gasteiger partial charge in [0.2, 0.25) is 0 Å². The van der Waals surface area contributed by atoms with Crippen molar-refractivity contribution in [2.45, 2.75) is 37.0 Å². The van der Waals surface area contributed by atoms with Crippen LogP contribution in [0.1, 0.15) is 24.8 Å². The summed E-state index contributed by atoms with van der Waals surface area (Å²) >= 11 is 1.99. The zero-order valence-electron chi connectivity index (χ0n) is 10.6. The molecule has 0 aromatic heterocycles. The van der Waals surface area contributed by atoms with Crippen molar-refractivity contribution in [2.75, 3.05) is 12.8 Å². The lowest BCUT2D eigenvalue weighted by Crippen LogP contribution is -2.39. The van der Waals surface area contributed by atoms with Crippen LogP contribution in [0.2, 0.25) is 0 Å². The highest BCUT2D eigenvalue weighted by Crippen LogP contribution is 2.29. The van der Waals surface area contributed by atoms with Crippen molar-refractivity contribution >= 4 is 11.8 Å². The highest BCUT2D eigenvalue weighted by molar-refractivity contribution is 8.00. The maximum atomic E-state index is 13.2. The van der Waals surface area contributed by atoms with E-state index in [-0.39, 0.29) is 0 Å². The van der Waals surface area contributed by atoms with Gasteiger partial charge in [-0.2, -0.15) is 11.8 Å². The number of likely N-dealkylation sites (N-methyl/N-ethyl adjacent to an activating group) is 1. The molecule has 2 rings (SSSR count). The summed E-state index contributed by atoms with van der Waals surface area (Å²) in [6.45, 7) is 0. The lowest BCUT2D eigenvalue weighted by molar-refractivity contribution is 0.486. The van der Waals surface area contributed by atoms with Gasteiger partial charge in [0.25, 0.3) is 0 Å². The molecular formula is C14H19F2NS. The van der Waals surface area contributed by atoms with Crippen molar-refractivity contribution in [2.24, 2.45) is 0 Å². The Morgan fingerprint density at radius 3 is 2.78 bits per heavy atom.